The predicted octanol–water partition coefficient (Wildman–Crippen LogP) is -2.76. The van der Waals surface area contributed by atoms with Gasteiger partial charge < -0.3 is 38.5 Å². The number of carbonyl (C=O) groups excluding carboxylic acids is 4. The summed E-state index contributed by atoms with van der Waals surface area (Å²) < 4.78 is 0. The summed E-state index contributed by atoms with van der Waals surface area (Å²) in [6.07, 6.45) is 2.98. The summed E-state index contributed by atoms with van der Waals surface area (Å²) in [6, 6.07) is -1.66. The van der Waals surface area contributed by atoms with Gasteiger partial charge >= 0.3 is 0 Å². The lowest BCUT2D eigenvalue weighted by atomic mass is 10.1. The summed E-state index contributed by atoms with van der Waals surface area (Å²) >= 11 is 1.16. The maximum Gasteiger partial charge on any atom is 0.246 e. The molecule has 1 saturated heterocycles. The van der Waals surface area contributed by atoms with E-state index in [4.69, 9.17) is 22.9 Å². The molecule has 186 valence electrons. The first kappa shape index (κ1) is 26.5. The van der Waals surface area contributed by atoms with Crippen LogP contribution in [0.2, 0.25) is 0 Å². The Hall–Kier alpha value is -3.75. The number of nitrogens with two attached hydrogens (primary N) is 4. The Kier molecular flexibility index (Phi) is 10.2. The van der Waals surface area contributed by atoms with Gasteiger partial charge in [0.15, 0.2) is 16.9 Å². The number of aromatic nitrogens is 1. The summed E-state index contributed by atoms with van der Waals surface area (Å²) in [5.41, 5.74) is 21.2. The molecule has 1 aromatic rings. The van der Waals surface area contributed by atoms with Crippen molar-refractivity contribution in [3.63, 3.8) is 0 Å². The molecule has 0 unspecified atom stereocenters. The molecule has 3 amide bonds. The van der Waals surface area contributed by atoms with Gasteiger partial charge in [0.05, 0.1) is 6.04 Å². The van der Waals surface area contributed by atoms with Crippen LogP contribution in [-0.4, -0.2) is 83.6 Å². The van der Waals surface area contributed by atoms with E-state index in [-0.39, 0.29) is 54.7 Å². The molecule has 10 N–H and O–H groups in total. The normalized spacial score (nSPS) is 16.4. The molecular formula is C19H30N10O4S. The van der Waals surface area contributed by atoms with Gasteiger partial charge in [-0.25, -0.2) is 4.98 Å². The fourth-order valence-electron chi connectivity index (χ4n) is 3.29. The van der Waals surface area contributed by atoms with Gasteiger partial charge in [-0.2, -0.15) is 0 Å². The standard InChI is InChI=1S/C19H30N10O4S/c20-18(21)25-5-1-3-11(15(32)16-24-7-8-34-16)27-13(30)9-29-10-14(31)28-12(17(29)33)4-2-6-26-19(22)23/h7-8,11-12H,1-6,9-10H2,(H,27,30)(H,28,31)(H4,20,21,25)(H4,22,23,26)/t11-,12+/m0/s1. The first-order chi connectivity index (χ1) is 16.2. The second kappa shape index (κ2) is 13.1. The largest absolute Gasteiger partial charge is 0.370 e. The lowest BCUT2D eigenvalue weighted by Crippen LogP contribution is -2.60. The highest BCUT2D eigenvalue weighted by Gasteiger charge is 2.34. The molecule has 0 spiro atoms. The maximum atomic E-state index is 12.8. The zero-order valence-electron chi connectivity index (χ0n) is 18.6. The molecule has 2 heterocycles. The van der Waals surface area contributed by atoms with Crippen LogP contribution >= 0.6 is 11.3 Å². The molecule has 1 aromatic heterocycles. The van der Waals surface area contributed by atoms with Gasteiger partial charge in [-0.15, -0.1) is 11.3 Å². The number of thiazole rings is 1. The van der Waals surface area contributed by atoms with Gasteiger partial charge in [-0.05, 0) is 25.7 Å². The monoisotopic (exact) mass is 494 g/mol. The number of amides is 3. The predicted molar refractivity (Wildman–Crippen MR) is 127 cm³/mol. The highest BCUT2D eigenvalue weighted by Crippen LogP contribution is 2.12. The Morgan fingerprint density at radius 1 is 1.18 bits per heavy atom. The van der Waals surface area contributed by atoms with Gasteiger partial charge in [-0.3, -0.25) is 29.2 Å². The molecule has 34 heavy (non-hydrogen) atoms. The average molecular weight is 495 g/mol. The molecule has 0 bridgehead atoms. The Morgan fingerprint density at radius 2 is 1.85 bits per heavy atom. The van der Waals surface area contributed by atoms with Crippen LogP contribution in [0.3, 0.4) is 0 Å². The lowest BCUT2D eigenvalue weighted by Gasteiger charge is -2.32. The zero-order chi connectivity index (χ0) is 25.1. The highest BCUT2D eigenvalue weighted by molar-refractivity contribution is 7.11. The van der Waals surface area contributed by atoms with Crippen molar-refractivity contribution in [3.8, 4) is 0 Å². The van der Waals surface area contributed by atoms with Crippen LogP contribution < -0.4 is 33.6 Å². The Bertz CT molecular complexity index is 926. The molecule has 14 nitrogen and oxygen atoms in total. The summed E-state index contributed by atoms with van der Waals surface area (Å²) in [5, 5.41) is 7.17. The van der Waals surface area contributed by atoms with E-state index in [1.54, 1.807) is 5.38 Å². The molecule has 15 heteroatoms. The number of ketones is 1. The third-order valence-corrected chi connectivity index (χ3v) is 5.59. The summed E-state index contributed by atoms with van der Waals surface area (Å²) in [6.45, 7) is -0.0342. The van der Waals surface area contributed by atoms with Crippen molar-refractivity contribution in [2.45, 2.75) is 37.8 Å². The van der Waals surface area contributed by atoms with Crippen molar-refractivity contribution >= 4 is 46.8 Å². The molecule has 2 rings (SSSR count). The fraction of sp³-hybridized carbons (Fsp3) is 0.526. The maximum absolute atomic E-state index is 12.8. The number of piperazine rings is 1. The van der Waals surface area contributed by atoms with E-state index in [0.717, 1.165) is 16.2 Å². The molecule has 1 fully saturated rings. The average Bonchev–Trinajstić information content (AvgIpc) is 3.30. The third-order valence-electron chi connectivity index (χ3n) is 4.80. The minimum atomic E-state index is -0.878. The smallest absolute Gasteiger partial charge is 0.246 e. The molecule has 2 atom stereocenters. The van der Waals surface area contributed by atoms with E-state index in [0.29, 0.717) is 25.8 Å². The Morgan fingerprint density at radius 3 is 2.47 bits per heavy atom. The van der Waals surface area contributed by atoms with Crippen LogP contribution in [0.5, 0.6) is 0 Å². The van der Waals surface area contributed by atoms with Gasteiger partial charge in [-0.1, -0.05) is 0 Å². The van der Waals surface area contributed by atoms with Gasteiger partial charge in [0.2, 0.25) is 23.5 Å². The number of nitrogens with one attached hydrogen (secondary N) is 2. The summed E-state index contributed by atoms with van der Waals surface area (Å²) in [5.74, 6) is -1.83. The number of hydrogen-bond donors (Lipinski definition) is 6. The van der Waals surface area contributed by atoms with Crippen LogP contribution in [0, 0.1) is 0 Å². The van der Waals surface area contributed by atoms with E-state index in [1.807, 2.05) is 0 Å². The Balaban J connectivity index is 1.98. The summed E-state index contributed by atoms with van der Waals surface area (Å²) in [4.78, 5) is 63.2. The zero-order valence-corrected chi connectivity index (χ0v) is 19.4. The van der Waals surface area contributed by atoms with E-state index in [2.05, 4.69) is 25.6 Å². The third kappa shape index (κ3) is 8.65. The van der Waals surface area contributed by atoms with Crippen LogP contribution in [0.25, 0.3) is 0 Å². The van der Waals surface area contributed by atoms with E-state index < -0.39 is 23.9 Å². The van der Waals surface area contributed by atoms with Crippen molar-refractivity contribution < 1.29 is 19.2 Å². The van der Waals surface area contributed by atoms with Crippen molar-refractivity contribution in [1.29, 1.82) is 0 Å². The number of guanidine groups is 2. The van der Waals surface area contributed by atoms with Crippen LogP contribution in [0.1, 0.15) is 35.5 Å². The second-order valence-electron chi connectivity index (χ2n) is 7.53. The minimum Gasteiger partial charge on any atom is -0.370 e. The van der Waals surface area contributed by atoms with Gasteiger partial charge in [0.1, 0.15) is 19.1 Å². The van der Waals surface area contributed by atoms with E-state index in [9.17, 15) is 19.2 Å². The summed E-state index contributed by atoms with van der Waals surface area (Å²) in [7, 11) is 0. The lowest BCUT2D eigenvalue weighted by molar-refractivity contribution is -0.146. The number of hydrogen-bond acceptors (Lipinski definition) is 8. The minimum absolute atomic E-state index is 0.0579. The number of Topliss-reactive ketones (excluding diaryl/α,β-unsaturated/α-hetero) is 1. The molecule has 0 aromatic carbocycles. The van der Waals surface area contributed by atoms with Gasteiger partial charge in [0.25, 0.3) is 0 Å². The second-order valence-corrected chi connectivity index (χ2v) is 8.43. The van der Waals surface area contributed by atoms with E-state index >= 15 is 0 Å². The molecule has 0 radical (unpaired) electrons. The number of aliphatic imine (C=N–C) groups is 2. The first-order valence-electron chi connectivity index (χ1n) is 10.6. The van der Waals surface area contributed by atoms with E-state index in [1.165, 1.54) is 6.20 Å². The molecule has 1 aliphatic rings. The first-order valence-corrected chi connectivity index (χ1v) is 11.5. The highest BCUT2D eigenvalue weighted by atomic mass is 32.1. The Labute approximate surface area is 200 Å². The van der Waals surface area contributed by atoms with Crippen LogP contribution in [0.4, 0.5) is 0 Å². The van der Waals surface area contributed by atoms with Crippen molar-refractivity contribution in [1.82, 2.24) is 20.5 Å². The topological polar surface area (TPSA) is 237 Å². The van der Waals surface area contributed by atoms with Crippen molar-refractivity contribution in [3.05, 3.63) is 16.6 Å². The number of carbonyl (C=O) groups is 4. The SMILES string of the molecule is NC(N)=NCCC[C@H](NC(=O)CN1CC(=O)N[C@H](CCCN=C(N)N)C1=O)C(=O)c1nccs1. The van der Waals surface area contributed by atoms with Crippen molar-refractivity contribution in [2.24, 2.45) is 32.9 Å². The number of nitrogens with zero attached hydrogens (tertiary/aromatic N) is 4. The molecule has 0 saturated carbocycles. The number of rotatable bonds is 13. The quantitative estimate of drug-likeness (QED) is 0.0719. The van der Waals surface area contributed by atoms with Gasteiger partial charge in [0, 0.05) is 24.7 Å². The van der Waals surface area contributed by atoms with Crippen LogP contribution in [-0.2, 0) is 14.4 Å². The molecular weight excluding hydrogens is 464 g/mol. The molecule has 1 aliphatic heterocycles. The van der Waals surface area contributed by atoms with Crippen LogP contribution in [0.15, 0.2) is 21.6 Å². The molecule has 0 aliphatic carbocycles. The van der Waals surface area contributed by atoms with Crippen molar-refractivity contribution in [2.75, 3.05) is 26.2 Å². The fourth-order valence-corrected chi connectivity index (χ4v) is 3.92.